The largest absolute Gasteiger partial charge is 0.486 e. The molecule has 0 bridgehead atoms. The molecule has 0 saturated heterocycles. The Balaban J connectivity index is 1.74. The Kier molecular flexibility index (Phi) is 6.50. The molecule has 3 rings (SSSR count). The van der Waals surface area contributed by atoms with Crippen molar-refractivity contribution < 1.29 is 23.8 Å². The average Bonchev–Trinajstić information content (AvgIpc) is 2.70. The minimum absolute atomic E-state index is 0.139. The molecule has 0 unspecified atom stereocenters. The fourth-order valence-electron chi connectivity index (χ4n) is 3.13. The third-order valence-electron chi connectivity index (χ3n) is 4.43. The van der Waals surface area contributed by atoms with Crippen molar-refractivity contribution in [2.24, 2.45) is 0 Å². The van der Waals surface area contributed by atoms with Gasteiger partial charge in [-0.15, -0.1) is 0 Å². The number of hydrogen-bond donors (Lipinski definition) is 1. The first-order valence-electron chi connectivity index (χ1n) is 10.0. The van der Waals surface area contributed by atoms with Gasteiger partial charge in [0.25, 0.3) is 5.91 Å². The van der Waals surface area contributed by atoms with Gasteiger partial charge < -0.3 is 19.1 Å². The third-order valence-corrected chi connectivity index (χ3v) is 4.43. The Labute approximate surface area is 176 Å². The van der Waals surface area contributed by atoms with E-state index >= 15 is 0 Å². The molecule has 2 amide bonds. The third kappa shape index (κ3) is 5.43. The van der Waals surface area contributed by atoms with Gasteiger partial charge in [0.05, 0.1) is 0 Å². The van der Waals surface area contributed by atoms with Gasteiger partial charge in [-0.25, -0.2) is 4.79 Å². The number of carbonyl (C=O) groups is 2. The molecule has 7 nitrogen and oxygen atoms in total. The van der Waals surface area contributed by atoms with Gasteiger partial charge in [0.2, 0.25) is 0 Å². The van der Waals surface area contributed by atoms with Crippen LogP contribution in [0, 0.1) is 0 Å². The Morgan fingerprint density at radius 2 is 1.83 bits per heavy atom. The molecule has 7 heteroatoms. The molecule has 1 aliphatic heterocycles. The standard InChI is InChI=1S/C23H28N2O5/c1-5-25(15-17-9-7-11-19-20(17)29-13-12-28-19)21(26)16-8-6-10-18(14-16)24-22(27)30-23(2,3)4/h6-11,14H,5,12-13,15H2,1-4H3,(H,24,27). The number of carbonyl (C=O) groups excluding carboxylic acids is 2. The zero-order valence-corrected chi connectivity index (χ0v) is 17.9. The number of para-hydroxylation sites is 1. The van der Waals surface area contributed by atoms with Gasteiger partial charge in [-0.1, -0.05) is 18.2 Å². The lowest BCUT2D eigenvalue weighted by Gasteiger charge is -2.25. The monoisotopic (exact) mass is 412 g/mol. The molecule has 0 fully saturated rings. The summed E-state index contributed by atoms with van der Waals surface area (Å²) < 4.78 is 16.7. The van der Waals surface area contributed by atoms with Gasteiger partial charge in [-0.3, -0.25) is 10.1 Å². The summed E-state index contributed by atoms with van der Waals surface area (Å²) >= 11 is 0. The molecule has 0 atom stereocenters. The Morgan fingerprint density at radius 1 is 1.10 bits per heavy atom. The highest BCUT2D eigenvalue weighted by molar-refractivity contribution is 5.96. The summed E-state index contributed by atoms with van der Waals surface area (Å²) in [7, 11) is 0. The number of ether oxygens (including phenoxy) is 3. The number of fused-ring (bicyclic) bond motifs is 1. The Bertz CT molecular complexity index is 920. The minimum Gasteiger partial charge on any atom is -0.486 e. The lowest BCUT2D eigenvalue weighted by atomic mass is 10.1. The van der Waals surface area contributed by atoms with Crippen LogP contribution in [0.3, 0.4) is 0 Å². The Morgan fingerprint density at radius 3 is 2.57 bits per heavy atom. The van der Waals surface area contributed by atoms with Gasteiger partial charge in [0, 0.05) is 29.9 Å². The first kappa shape index (κ1) is 21.5. The molecule has 2 aromatic rings. The molecule has 0 aromatic heterocycles. The molecule has 0 saturated carbocycles. The van der Waals surface area contributed by atoms with E-state index < -0.39 is 11.7 Å². The predicted molar refractivity (Wildman–Crippen MR) is 114 cm³/mol. The molecular formula is C23H28N2O5. The van der Waals surface area contributed by atoms with Crippen LogP contribution in [0.25, 0.3) is 0 Å². The molecule has 1 heterocycles. The summed E-state index contributed by atoms with van der Waals surface area (Å²) in [6.07, 6.45) is -0.562. The van der Waals surface area contributed by atoms with Gasteiger partial charge in [0.15, 0.2) is 11.5 Å². The van der Waals surface area contributed by atoms with E-state index in [1.807, 2.05) is 25.1 Å². The van der Waals surface area contributed by atoms with Crippen LogP contribution in [0.15, 0.2) is 42.5 Å². The maximum absolute atomic E-state index is 13.1. The van der Waals surface area contributed by atoms with Crippen LogP contribution < -0.4 is 14.8 Å². The lowest BCUT2D eigenvalue weighted by molar-refractivity contribution is 0.0634. The van der Waals surface area contributed by atoms with E-state index in [-0.39, 0.29) is 5.91 Å². The smallest absolute Gasteiger partial charge is 0.412 e. The second-order valence-corrected chi connectivity index (χ2v) is 7.97. The van der Waals surface area contributed by atoms with Crippen molar-refractivity contribution in [2.45, 2.75) is 39.8 Å². The second-order valence-electron chi connectivity index (χ2n) is 7.97. The molecule has 30 heavy (non-hydrogen) atoms. The number of benzene rings is 2. The molecule has 1 aliphatic rings. The van der Waals surface area contributed by atoms with Crippen molar-refractivity contribution in [3.8, 4) is 11.5 Å². The highest BCUT2D eigenvalue weighted by Gasteiger charge is 2.21. The van der Waals surface area contributed by atoms with Crippen LogP contribution >= 0.6 is 0 Å². The molecule has 2 aromatic carbocycles. The maximum atomic E-state index is 13.1. The maximum Gasteiger partial charge on any atom is 0.412 e. The molecule has 0 spiro atoms. The number of nitrogens with zero attached hydrogens (tertiary/aromatic N) is 1. The number of nitrogens with one attached hydrogen (secondary N) is 1. The summed E-state index contributed by atoms with van der Waals surface area (Å²) in [5, 5.41) is 2.67. The van der Waals surface area contributed by atoms with E-state index in [0.717, 1.165) is 5.56 Å². The highest BCUT2D eigenvalue weighted by atomic mass is 16.6. The highest BCUT2D eigenvalue weighted by Crippen LogP contribution is 2.34. The van der Waals surface area contributed by atoms with Crippen LogP contribution in [-0.2, 0) is 11.3 Å². The van der Waals surface area contributed by atoms with Crippen molar-refractivity contribution in [3.05, 3.63) is 53.6 Å². The summed E-state index contributed by atoms with van der Waals surface area (Å²) in [4.78, 5) is 26.9. The fraction of sp³-hybridized carbons (Fsp3) is 0.391. The van der Waals surface area contributed by atoms with Gasteiger partial charge in [-0.05, 0) is 52.0 Å². The predicted octanol–water partition coefficient (Wildman–Crippen LogP) is 4.47. The van der Waals surface area contributed by atoms with E-state index in [9.17, 15) is 9.59 Å². The van der Waals surface area contributed by atoms with E-state index in [2.05, 4.69) is 5.32 Å². The van der Waals surface area contributed by atoms with Gasteiger partial charge in [-0.2, -0.15) is 0 Å². The normalized spacial score (nSPS) is 12.8. The molecule has 1 N–H and O–H groups in total. The number of rotatable bonds is 5. The summed E-state index contributed by atoms with van der Waals surface area (Å²) in [6, 6.07) is 12.5. The SMILES string of the molecule is CCN(Cc1cccc2c1OCCO2)C(=O)c1cccc(NC(=O)OC(C)(C)C)c1. The lowest BCUT2D eigenvalue weighted by Crippen LogP contribution is -2.31. The average molecular weight is 412 g/mol. The number of amides is 2. The zero-order chi connectivity index (χ0) is 21.7. The summed E-state index contributed by atoms with van der Waals surface area (Å²) in [5.41, 5.74) is 1.27. The quantitative estimate of drug-likeness (QED) is 0.784. The molecule has 0 aliphatic carbocycles. The topological polar surface area (TPSA) is 77.1 Å². The van der Waals surface area contributed by atoms with E-state index in [0.29, 0.717) is 49.1 Å². The second kappa shape index (κ2) is 9.07. The van der Waals surface area contributed by atoms with Crippen LogP contribution in [-0.4, -0.2) is 42.3 Å². The summed E-state index contributed by atoms with van der Waals surface area (Å²) in [6.45, 7) is 9.23. The van der Waals surface area contributed by atoms with Crippen LogP contribution in [0.4, 0.5) is 10.5 Å². The van der Waals surface area contributed by atoms with E-state index in [4.69, 9.17) is 14.2 Å². The first-order valence-corrected chi connectivity index (χ1v) is 10.0. The number of hydrogen-bond acceptors (Lipinski definition) is 5. The van der Waals surface area contributed by atoms with Gasteiger partial charge >= 0.3 is 6.09 Å². The van der Waals surface area contributed by atoms with Crippen molar-refractivity contribution in [2.75, 3.05) is 25.1 Å². The van der Waals surface area contributed by atoms with Crippen molar-refractivity contribution >= 4 is 17.7 Å². The molecular weight excluding hydrogens is 384 g/mol. The van der Waals surface area contributed by atoms with E-state index in [1.54, 1.807) is 49.9 Å². The molecule has 160 valence electrons. The molecule has 0 radical (unpaired) electrons. The fourth-order valence-corrected chi connectivity index (χ4v) is 3.13. The minimum atomic E-state index is -0.600. The number of anilines is 1. The first-order chi connectivity index (χ1) is 14.3. The Hall–Kier alpha value is -3.22. The van der Waals surface area contributed by atoms with Crippen LogP contribution in [0.5, 0.6) is 11.5 Å². The summed E-state index contributed by atoms with van der Waals surface area (Å²) in [5.74, 6) is 1.25. The van der Waals surface area contributed by atoms with Crippen molar-refractivity contribution in [1.29, 1.82) is 0 Å². The zero-order valence-electron chi connectivity index (χ0n) is 17.9. The van der Waals surface area contributed by atoms with Gasteiger partial charge in [0.1, 0.15) is 18.8 Å². The van der Waals surface area contributed by atoms with Crippen molar-refractivity contribution in [3.63, 3.8) is 0 Å². The van der Waals surface area contributed by atoms with Crippen LogP contribution in [0.1, 0.15) is 43.6 Å². The van der Waals surface area contributed by atoms with E-state index in [1.165, 1.54) is 0 Å². The van der Waals surface area contributed by atoms with Crippen LogP contribution in [0.2, 0.25) is 0 Å². The van der Waals surface area contributed by atoms with Crippen molar-refractivity contribution in [1.82, 2.24) is 4.90 Å².